The van der Waals surface area contributed by atoms with Crippen LogP contribution in [0.15, 0.2) is 24.3 Å². The molecule has 190 valence electrons. The molecule has 2 aromatic heterocycles. The van der Waals surface area contributed by atoms with E-state index in [1.807, 2.05) is 0 Å². The van der Waals surface area contributed by atoms with Crippen LogP contribution in [0, 0.1) is 11.6 Å². The summed E-state index contributed by atoms with van der Waals surface area (Å²) < 4.78 is 34.8. The predicted molar refractivity (Wildman–Crippen MR) is 130 cm³/mol. The number of hydrogen-bond acceptors (Lipinski definition) is 6. The molecule has 0 unspecified atom stereocenters. The number of fused-ring (bicyclic) bond motifs is 1. The van der Waals surface area contributed by atoms with Gasteiger partial charge in [-0.05, 0) is 43.9 Å². The van der Waals surface area contributed by atoms with Gasteiger partial charge in [0, 0.05) is 44.2 Å². The van der Waals surface area contributed by atoms with Crippen LogP contribution in [0.1, 0.15) is 54.2 Å². The van der Waals surface area contributed by atoms with E-state index in [9.17, 15) is 18.7 Å². The zero-order chi connectivity index (χ0) is 24.8. The van der Waals surface area contributed by atoms with E-state index >= 15 is 0 Å². The fraction of sp³-hybridized carbons (Fsp3) is 0.500. The number of ether oxygens (including phenoxy) is 1. The van der Waals surface area contributed by atoms with Crippen LogP contribution in [0.25, 0.3) is 16.7 Å². The Hall–Kier alpha value is -3.11. The van der Waals surface area contributed by atoms with Gasteiger partial charge < -0.3 is 14.7 Å². The first-order valence-corrected chi connectivity index (χ1v) is 12.7. The molecular weight excluding hydrogens is 468 g/mol. The second-order valence-electron chi connectivity index (χ2n) is 9.92. The fourth-order valence-electron chi connectivity index (χ4n) is 5.66. The molecule has 2 aliphatic heterocycles. The van der Waals surface area contributed by atoms with Crippen molar-refractivity contribution in [2.75, 3.05) is 44.3 Å². The maximum Gasteiger partial charge on any atom is 0.354 e. The topological polar surface area (TPSA) is 83.7 Å². The minimum absolute atomic E-state index is 0.0864. The standard InChI is InChI=1S/C26H29F2N5O3/c27-19-5-4-18(14-20(19)28)33-25-23(24(30-33)16-2-1-3-16)22(15-21(29-25)26(34)35)32-8-6-17(7-9-32)31-10-12-36-13-11-31/h4-5,14-17H,1-3,6-13H2,(H,34,35). The molecule has 0 spiro atoms. The van der Waals surface area contributed by atoms with Gasteiger partial charge in [0.15, 0.2) is 23.0 Å². The Labute approximate surface area is 207 Å². The van der Waals surface area contributed by atoms with Gasteiger partial charge in [0.05, 0.1) is 35.7 Å². The Bertz CT molecular complexity index is 1290. The molecule has 1 saturated carbocycles. The van der Waals surface area contributed by atoms with E-state index < -0.39 is 17.6 Å². The number of aromatic nitrogens is 3. The number of pyridine rings is 1. The number of anilines is 1. The van der Waals surface area contributed by atoms with Crippen molar-refractivity contribution in [3.63, 3.8) is 0 Å². The van der Waals surface area contributed by atoms with E-state index in [4.69, 9.17) is 9.84 Å². The van der Waals surface area contributed by atoms with Crippen LogP contribution in [-0.4, -0.2) is 76.2 Å². The number of piperidine rings is 1. The molecule has 8 nitrogen and oxygen atoms in total. The minimum Gasteiger partial charge on any atom is -0.477 e. The van der Waals surface area contributed by atoms with Gasteiger partial charge >= 0.3 is 5.97 Å². The summed E-state index contributed by atoms with van der Waals surface area (Å²) in [5, 5.41) is 15.5. The van der Waals surface area contributed by atoms with E-state index in [-0.39, 0.29) is 11.6 Å². The van der Waals surface area contributed by atoms with Crippen molar-refractivity contribution in [3.8, 4) is 5.69 Å². The predicted octanol–water partition coefficient (Wildman–Crippen LogP) is 3.97. The first kappa shape index (κ1) is 23.3. The van der Waals surface area contributed by atoms with E-state index in [1.165, 1.54) is 10.7 Å². The average molecular weight is 498 g/mol. The van der Waals surface area contributed by atoms with Crippen molar-refractivity contribution < 1.29 is 23.4 Å². The maximum atomic E-state index is 14.1. The van der Waals surface area contributed by atoms with Gasteiger partial charge in [-0.15, -0.1) is 0 Å². The monoisotopic (exact) mass is 497 g/mol. The molecule has 1 aliphatic carbocycles. The zero-order valence-corrected chi connectivity index (χ0v) is 20.0. The van der Waals surface area contributed by atoms with Gasteiger partial charge in [0.1, 0.15) is 0 Å². The smallest absolute Gasteiger partial charge is 0.354 e. The van der Waals surface area contributed by atoms with Gasteiger partial charge in [-0.25, -0.2) is 23.2 Å². The number of aromatic carboxylic acids is 1. The Morgan fingerprint density at radius 2 is 1.75 bits per heavy atom. The highest BCUT2D eigenvalue weighted by Crippen LogP contribution is 2.43. The second kappa shape index (κ2) is 9.40. The van der Waals surface area contributed by atoms with Crippen LogP contribution in [-0.2, 0) is 4.74 Å². The Morgan fingerprint density at radius 1 is 1.00 bits per heavy atom. The molecule has 36 heavy (non-hydrogen) atoms. The zero-order valence-electron chi connectivity index (χ0n) is 20.0. The van der Waals surface area contributed by atoms with Crippen LogP contribution >= 0.6 is 0 Å². The van der Waals surface area contributed by atoms with Crippen LogP contribution in [0.5, 0.6) is 0 Å². The SMILES string of the molecule is O=C(O)c1cc(N2CCC(N3CCOCC3)CC2)c2c(C3CCC3)nn(-c3ccc(F)c(F)c3)c2n1. The second-order valence-corrected chi connectivity index (χ2v) is 9.92. The third kappa shape index (κ3) is 4.12. The lowest BCUT2D eigenvalue weighted by Crippen LogP contribution is -2.49. The Morgan fingerprint density at radius 3 is 2.39 bits per heavy atom. The summed E-state index contributed by atoms with van der Waals surface area (Å²) in [5.74, 6) is -2.83. The molecule has 0 atom stereocenters. The molecule has 2 saturated heterocycles. The normalized spacial score (nSPS) is 20.1. The number of morpholine rings is 1. The molecule has 10 heteroatoms. The molecule has 0 radical (unpaired) electrons. The van der Waals surface area contributed by atoms with Crippen LogP contribution in [0.3, 0.4) is 0 Å². The van der Waals surface area contributed by atoms with Crippen molar-refractivity contribution in [2.45, 2.75) is 44.1 Å². The van der Waals surface area contributed by atoms with E-state index in [0.717, 1.165) is 100 Å². The Kier molecular flexibility index (Phi) is 6.08. The molecule has 0 bridgehead atoms. The number of rotatable bonds is 5. The summed E-state index contributed by atoms with van der Waals surface area (Å²) in [4.78, 5) is 21.2. The fourth-order valence-corrected chi connectivity index (χ4v) is 5.66. The lowest BCUT2D eigenvalue weighted by Gasteiger charge is -2.41. The number of hydrogen-bond donors (Lipinski definition) is 1. The van der Waals surface area contributed by atoms with Crippen molar-refractivity contribution >= 4 is 22.7 Å². The first-order chi connectivity index (χ1) is 17.5. The average Bonchev–Trinajstić information content (AvgIpc) is 3.24. The molecule has 4 heterocycles. The number of carbonyl (C=O) groups is 1. The molecule has 3 aromatic rings. The molecule has 0 amide bonds. The van der Waals surface area contributed by atoms with Crippen LogP contribution in [0.4, 0.5) is 14.5 Å². The lowest BCUT2D eigenvalue weighted by atomic mass is 9.82. The third-order valence-corrected chi connectivity index (χ3v) is 7.87. The van der Waals surface area contributed by atoms with Crippen LogP contribution in [0.2, 0.25) is 0 Å². The molecule has 1 aromatic carbocycles. The van der Waals surface area contributed by atoms with Gasteiger partial charge in [-0.2, -0.15) is 5.10 Å². The van der Waals surface area contributed by atoms with Gasteiger partial charge in [-0.3, -0.25) is 4.90 Å². The summed E-state index contributed by atoms with van der Waals surface area (Å²) in [6.45, 7) is 5.00. The minimum atomic E-state index is -1.13. The lowest BCUT2D eigenvalue weighted by molar-refractivity contribution is 0.0115. The highest BCUT2D eigenvalue weighted by Gasteiger charge is 2.32. The number of halogens is 2. The first-order valence-electron chi connectivity index (χ1n) is 12.7. The van der Waals surface area contributed by atoms with E-state index in [0.29, 0.717) is 17.4 Å². The summed E-state index contributed by atoms with van der Waals surface area (Å²) >= 11 is 0. The van der Waals surface area contributed by atoms with E-state index in [1.54, 1.807) is 6.07 Å². The van der Waals surface area contributed by atoms with Crippen molar-refractivity contribution in [3.05, 3.63) is 47.3 Å². The largest absolute Gasteiger partial charge is 0.477 e. The summed E-state index contributed by atoms with van der Waals surface area (Å²) in [5.41, 5.74) is 2.27. The maximum absolute atomic E-state index is 14.1. The van der Waals surface area contributed by atoms with Gasteiger partial charge in [0.2, 0.25) is 0 Å². The number of nitrogens with zero attached hydrogens (tertiary/aromatic N) is 5. The van der Waals surface area contributed by atoms with Crippen molar-refractivity contribution in [1.29, 1.82) is 0 Å². The highest BCUT2D eigenvalue weighted by molar-refractivity contribution is 5.98. The molecule has 3 fully saturated rings. The summed E-state index contributed by atoms with van der Waals surface area (Å²) in [7, 11) is 0. The van der Waals surface area contributed by atoms with Crippen molar-refractivity contribution in [2.24, 2.45) is 0 Å². The van der Waals surface area contributed by atoms with Crippen molar-refractivity contribution in [1.82, 2.24) is 19.7 Å². The number of carboxylic acids is 1. The number of benzene rings is 1. The number of carboxylic acid groups (broad SMARTS) is 1. The molecular formula is C26H29F2N5O3. The Balaban J connectivity index is 1.43. The van der Waals surface area contributed by atoms with Crippen LogP contribution < -0.4 is 4.90 Å². The third-order valence-electron chi connectivity index (χ3n) is 7.87. The molecule has 1 N–H and O–H groups in total. The van der Waals surface area contributed by atoms with Gasteiger partial charge in [-0.1, -0.05) is 6.42 Å². The van der Waals surface area contributed by atoms with E-state index in [2.05, 4.69) is 14.8 Å². The molecule has 3 aliphatic rings. The molecule has 6 rings (SSSR count). The summed E-state index contributed by atoms with van der Waals surface area (Å²) in [6, 6.07) is 5.71. The van der Waals surface area contributed by atoms with Gasteiger partial charge in [0.25, 0.3) is 0 Å². The summed E-state index contributed by atoms with van der Waals surface area (Å²) in [6.07, 6.45) is 5.03. The highest BCUT2D eigenvalue weighted by atomic mass is 19.2. The quantitative estimate of drug-likeness (QED) is 0.571.